The van der Waals surface area contributed by atoms with Crippen molar-refractivity contribution in [1.29, 1.82) is 0 Å². The molecule has 0 fully saturated rings. The van der Waals surface area contributed by atoms with Gasteiger partial charge in [-0.1, -0.05) is 23.4 Å². The fraction of sp³-hybridized carbons (Fsp3) is 0.200. The highest BCUT2D eigenvalue weighted by atomic mass is 35.5. The number of hydrogen-bond acceptors (Lipinski definition) is 6. The second-order valence-electron chi connectivity index (χ2n) is 6.13. The number of carbonyl (C=O) groups is 1. The highest BCUT2D eigenvalue weighted by Gasteiger charge is 2.14. The number of aromatic hydroxyl groups is 1. The van der Waals surface area contributed by atoms with Gasteiger partial charge in [-0.3, -0.25) is 4.79 Å². The Morgan fingerprint density at radius 2 is 1.86 bits per heavy atom. The molecule has 2 aromatic carbocycles. The van der Waals surface area contributed by atoms with Crippen molar-refractivity contribution in [2.24, 2.45) is 5.10 Å². The Kier molecular flexibility index (Phi) is 6.90. The normalized spacial score (nSPS) is 11.5. The lowest BCUT2D eigenvalue weighted by Gasteiger charge is -2.07. The Morgan fingerprint density at radius 1 is 1.17 bits per heavy atom. The summed E-state index contributed by atoms with van der Waals surface area (Å²) in [5, 5.41) is 23.2. The number of benzene rings is 2. The Morgan fingerprint density at radius 3 is 2.52 bits per heavy atom. The average molecular weight is 430 g/mol. The lowest BCUT2D eigenvalue weighted by atomic mass is 10.1. The number of rotatable bonds is 7. The minimum Gasteiger partial charge on any atom is -0.508 e. The summed E-state index contributed by atoms with van der Waals surface area (Å²) in [6.07, 6.45) is 0. The maximum Gasteiger partial charge on any atom is 0.250 e. The van der Waals surface area contributed by atoms with Crippen LogP contribution in [0.4, 0.5) is 0 Å². The zero-order valence-corrected chi connectivity index (χ0v) is 17.5. The van der Waals surface area contributed by atoms with Gasteiger partial charge in [0.1, 0.15) is 5.75 Å². The Balaban J connectivity index is 1.62. The molecule has 0 radical (unpaired) electrons. The van der Waals surface area contributed by atoms with E-state index < -0.39 is 0 Å². The molecule has 1 amide bonds. The van der Waals surface area contributed by atoms with Gasteiger partial charge in [-0.25, -0.2) is 5.43 Å². The van der Waals surface area contributed by atoms with Crippen molar-refractivity contribution in [2.75, 3.05) is 5.75 Å². The molecule has 1 aromatic heterocycles. The smallest absolute Gasteiger partial charge is 0.250 e. The Bertz CT molecular complexity index is 1020. The van der Waals surface area contributed by atoms with E-state index in [1.165, 1.54) is 11.8 Å². The van der Waals surface area contributed by atoms with Gasteiger partial charge in [-0.05, 0) is 67.9 Å². The van der Waals surface area contributed by atoms with Crippen molar-refractivity contribution < 1.29 is 9.90 Å². The highest BCUT2D eigenvalue weighted by Crippen LogP contribution is 2.25. The maximum absolute atomic E-state index is 12.2. The van der Waals surface area contributed by atoms with Gasteiger partial charge in [0, 0.05) is 17.1 Å². The molecule has 0 bridgehead atoms. The van der Waals surface area contributed by atoms with E-state index in [2.05, 4.69) is 20.7 Å². The van der Waals surface area contributed by atoms with Crippen molar-refractivity contribution in [1.82, 2.24) is 20.2 Å². The van der Waals surface area contributed by atoms with Crippen LogP contribution in [0.3, 0.4) is 0 Å². The zero-order valence-electron chi connectivity index (χ0n) is 16.0. The number of amides is 1. The first-order valence-corrected chi connectivity index (χ1v) is 10.3. The van der Waals surface area contributed by atoms with E-state index in [9.17, 15) is 9.90 Å². The summed E-state index contributed by atoms with van der Waals surface area (Å²) < 4.78 is 1.95. The molecule has 150 valence electrons. The summed E-state index contributed by atoms with van der Waals surface area (Å²) in [6, 6.07) is 14.0. The molecule has 7 nitrogen and oxygen atoms in total. The van der Waals surface area contributed by atoms with Gasteiger partial charge in [0.2, 0.25) is 0 Å². The largest absolute Gasteiger partial charge is 0.508 e. The minimum absolute atomic E-state index is 0.158. The van der Waals surface area contributed by atoms with Gasteiger partial charge in [0.25, 0.3) is 5.91 Å². The molecule has 0 aliphatic heterocycles. The molecule has 3 rings (SSSR count). The first-order chi connectivity index (χ1) is 14.0. The minimum atomic E-state index is -0.244. The lowest BCUT2D eigenvalue weighted by Crippen LogP contribution is -2.21. The van der Waals surface area contributed by atoms with Crippen LogP contribution in [-0.2, 0) is 11.3 Å². The van der Waals surface area contributed by atoms with E-state index in [0.29, 0.717) is 22.4 Å². The number of phenolic OH excluding ortho intramolecular Hbond substituents is 1. The predicted molar refractivity (Wildman–Crippen MR) is 115 cm³/mol. The molecule has 0 atom stereocenters. The number of hydrogen-bond donors (Lipinski definition) is 2. The van der Waals surface area contributed by atoms with Crippen LogP contribution in [0.25, 0.3) is 11.4 Å². The summed E-state index contributed by atoms with van der Waals surface area (Å²) >= 11 is 7.24. The van der Waals surface area contributed by atoms with Crippen LogP contribution in [0.5, 0.6) is 5.75 Å². The van der Waals surface area contributed by atoms with Crippen LogP contribution in [0, 0.1) is 0 Å². The fourth-order valence-corrected chi connectivity index (χ4v) is 3.49. The second-order valence-corrected chi connectivity index (χ2v) is 7.50. The summed E-state index contributed by atoms with van der Waals surface area (Å²) in [6.45, 7) is 4.46. The predicted octanol–water partition coefficient (Wildman–Crippen LogP) is 3.96. The Labute approximate surface area is 177 Å². The van der Waals surface area contributed by atoms with Crippen molar-refractivity contribution in [3.05, 3.63) is 59.1 Å². The Hall–Kier alpha value is -2.84. The van der Waals surface area contributed by atoms with Crippen molar-refractivity contribution in [3.63, 3.8) is 0 Å². The van der Waals surface area contributed by atoms with E-state index in [1.54, 1.807) is 43.3 Å². The van der Waals surface area contributed by atoms with Crippen molar-refractivity contribution in [3.8, 4) is 17.1 Å². The summed E-state index contributed by atoms with van der Waals surface area (Å²) in [7, 11) is 0. The van der Waals surface area contributed by atoms with Crippen LogP contribution in [0.15, 0.2) is 58.8 Å². The van der Waals surface area contributed by atoms with Gasteiger partial charge in [0.15, 0.2) is 11.0 Å². The van der Waals surface area contributed by atoms with Gasteiger partial charge in [-0.15, -0.1) is 10.2 Å². The molecule has 0 saturated carbocycles. The average Bonchev–Trinajstić information content (AvgIpc) is 3.14. The third kappa shape index (κ3) is 5.36. The molecule has 29 heavy (non-hydrogen) atoms. The van der Waals surface area contributed by atoms with E-state index >= 15 is 0 Å². The van der Waals surface area contributed by atoms with Crippen LogP contribution in [0.1, 0.15) is 19.4 Å². The number of hydrazone groups is 1. The molecule has 2 N–H and O–H groups in total. The van der Waals surface area contributed by atoms with E-state index in [1.807, 2.05) is 23.6 Å². The maximum atomic E-state index is 12.2. The van der Waals surface area contributed by atoms with E-state index in [0.717, 1.165) is 17.0 Å². The molecule has 0 spiro atoms. The first-order valence-electron chi connectivity index (χ1n) is 8.92. The molecule has 0 unspecified atom stereocenters. The fourth-order valence-electron chi connectivity index (χ4n) is 2.57. The molecular weight excluding hydrogens is 410 g/mol. The molecule has 3 aromatic rings. The molecule has 0 saturated heterocycles. The summed E-state index contributed by atoms with van der Waals surface area (Å²) in [4.78, 5) is 12.2. The quantitative estimate of drug-likeness (QED) is 0.337. The lowest BCUT2D eigenvalue weighted by molar-refractivity contribution is -0.118. The summed E-state index contributed by atoms with van der Waals surface area (Å²) in [5.41, 5.74) is 4.91. The molecular formula is C20H20ClN5O2S. The molecule has 0 aliphatic rings. The van der Waals surface area contributed by atoms with Crippen LogP contribution in [-0.4, -0.2) is 37.2 Å². The first kappa shape index (κ1) is 20.9. The standard InChI is InChI=1S/C20H20ClN5O2S/c1-3-26-19(15-4-8-16(21)9-5-15)24-25-20(26)29-12-18(28)23-22-13(2)14-6-10-17(27)11-7-14/h4-11,27H,3,12H2,1-2H3,(H,23,28). The molecule has 1 heterocycles. The number of phenols is 1. The van der Waals surface area contributed by atoms with Crippen LogP contribution >= 0.6 is 23.4 Å². The van der Waals surface area contributed by atoms with Gasteiger partial charge in [-0.2, -0.15) is 5.10 Å². The summed E-state index contributed by atoms with van der Waals surface area (Å²) in [5.74, 6) is 0.825. The van der Waals surface area contributed by atoms with Gasteiger partial charge in [0.05, 0.1) is 11.5 Å². The van der Waals surface area contributed by atoms with E-state index in [4.69, 9.17) is 11.6 Å². The third-order valence-corrected chi connectivity index (χ3v) is 5.32. The monoisotopic (exact) mass is 429 g/mol. The second kappa shape index (κ2) is 9.58. The number of carbonyl (C=O) groups excluding carboxylic acids is 1. The van der Waals surface area contributed by atoms with Crippen molar-refractivity contribution in [2.45, 2.75) is 25.5 Å². The van der Waals surface area contributed by atoms with Gasteiger partial charge >= 0.3 is 0 Å². The molecule has 9 heteroatoms. The number of nitrogens with zero attached hydrogens (tertiary/aromatic N) is 4. The number of thioether (sulfide) groups is 1. The SMILES string of the molecule is CCn1c(SCC(=O)NN=C(C)c2ccc(O)cc2)nnc1-c1ccc(Cl)cc1. The number of aromatic nitrogens is 3. The molecule has 0 aliphatic carbocycles. The zero-order chi connectivity index (χ0) is 20.8. The van der Waals surface area contributed by atoms with Crippen LogP contribution in [0.2, 0.25) is 5.02 Å². The number of nitrogens with one attached hydrogen (secondary N) is 1. The van der Waals surface area contributed by atoms with Crippen LogP contribution < -0.4 is 5.43 Å². The highest BCUT2D eigenvalue weighted by molar-refractivity contribution is 7.99. The van der Waals surface area contributed by atoms with E-state index in [-0.39, 0.29) is 17.4 Å². The topological polar surface area (TPSA) is 92.4 Å². The number of halogens is 1. The van der Waals surface area contributed by atoms with Crippen molar-refractivity contribution >= 4 is 35.0 Å². The van der Waals surface area contributed by atoms with Gasteiger partial charge < -0.3 is 9.67 Å². The third-order valence-electron chi connectivity index (χ3n) is 4.10.